The van der Waals surface area contributed by atoms with Crippen molar-refractivity contribution >= 4 is 28.7 Å². The van der Waals surface area contributed by atoms with E-state index in [9.17, 15) is 14.4 Å². The average molecular weight is 404 g/mol. The minimum atomic E-state index is -0.645. The summed E-state index contributed by atoms with van der Waals surface area (Å²) in [5, 5.41) is 8.75. The fourth-order valence-corrected chi connectivity index (χ4v) is 3.91. The first-order valence-electron chi connectivity index (χ1n) is 9.97. The SMILES string of the molecule is Cc1cc(CNC(=O)CC[C@H]2NC(=O)NC2=O)c2[nH]c(-c3ccccc3)c(C)c2c1. The number of carbonyl (C=O) groups excluding carboxylic acids is 3. The van der Waals surface area contributed by atoms with Gasteiger partial charge in [-0.1, -0.05) is 42.0 Å². The molecule has 4 rings (SSSR count). The van der Waals surface area contributed by atoms with Gasteiger partial charge >= 0.3 is 6.03 Å². The van der Waals surface area contributed by atoms with E-state index >= 15 is 0 Å². The van der Waals surface area contributed by atoms with E-state index in [2.05, 4.69) is 52.1 Å². The number of aromatic amines is 1. The Kier molecular flexibility index (Phi) is 5.27. The van der Waals surface area contributed by atoms with Crippen molar-refractivity contribution in [2.75, 3.05) is 0 Å². The molecule has 1 saturated heterocycles. The second-order valence-corrected chi connectivity index (χ2v) is 7.67. The summed E-state index contributed by atoms with van der Waals surface area (Å²) in [6, 6.07) is 13.2. The van der Waals surface area contributed by atoms with Gasteiger partial charge in [0.05, 0.1) is 5.52 Å². The number of hydrogen-bond donors (Lipinski definition) is 4. The molecule has 4 amide bonds. The highest BCUT2D eigenvalue weighted by atomic mass is 16.2. The highest BCUT2D eigenvalue weighted by Gasteiger charge is 2.29. The van der Waals surface area contributed by atoms with Crippen LogP contribution in [0, 0.1) is 13.8 Å². The van der Waals surface area contributed by atoms with E-state index in [0.29, 0.717) is 6.54 Å². The number of urea groups is 1. The molecule has 1 aliphatic heterocycles. The van der Waals surface area contributed by atoms with Crippen molar-refractivity contribution in [3.8, 4) is 11.3 Å². The molecule has 1 atom stereocenters. The molecule has 154 valence electrons. The van der Waals surface area contributed by atoms with Crippen LogP contribution in [0.5, 0.6) is 0 Å². The Morgan fingerprint density at radius 2 is 1.87 bits per heavy atom. The second-order valence-electron chi connectivity index (χ2n) is 7.67. The maximum absolute atomic E-state index is 12.3. The van der Waals surface area contributed by atoms with Crippen molar-refractivity contribution in [3.05, 3.63) is 59.2 Å². The highest BCUT2D eigenvalue weighted by Crippen LogP contribution is 2.32. The Morgan fingerprint density at radius 3 is 2.57 bits per heavy atom. The van der Waals surface area contributed by atoms with Crippen LogP contribution < -0.4 is 16.0 Å². The number of aryl methyl sites for hydroxylation is 2. The molecule has 0 radical (unpaired) electrons. The van der Waals surface area contributed by atoms with Crippen LogP contribution in [0.1, 0.15) is 29.5 Å². The lowest BCUT2D eigenvalue weighted by atomic mass is 10.0. The molecule has 0 aliphatic carbocycles. The number of imide groups is 1. The van der Waals surface area contributed by atoms with Gasteiger partial charge < -0.3 is 15.6 Å². The standard InChI is InChI=1S/C23H24N4O3/c1-13-10-16(12-24-19(28)9-8-18-22(29)27-23(30)25-18)21-17(11-13)14(2)20(26-21)15-6-4-3-5-7-15/h3-7,10-11,18,26H,8-9,12H2,1-2H3,(H,24,28)(H2,25,27,29,30)/t18-/m1/s1. The molecule has 2 heterocycles. The minimum Gasteiger partial charge on any atom is -0.354 e. The molecule has 0 spiro atoms. The molecule has 0 saturated carbocycles. The van der Waals surface area contributed by atoms with Gasteiger partial charge in [0.2, 0.25) is 5.91 Å². The van der Waals surface area contributed by atoms with Crippen molar-refractivity contribution in [3.63, 3.8) is 0 Å². The van der Waals surface area contributed by atoms with Crippen LogP contribution in [-0.4, -0.2) is 28.9 Å². The molecule has 0 bridgehead atoms. The molecule has 7 heteroatoms. The highest BCUT2D eigenvalue weighted by molar-refractivity contribution is 6.04. The first kappa shape index (κ1) is 19.7. The fraction of sp³-hybridized carbons (Fsp3) is 0.261. The zero-order valence-electron chi connectivity index (χ0n) is 17.0. The van der Waals surface area contributed by atoms with Crippen LogP contribution in [0.2, 0.25) is 0 Å². The molecule has 4 N–H and O–H groups in total. The number of nitrogens with one attached hydrogen (secondary N) is 4. The van der Waals surface area contributed by atoms with Crippen LogP contribution in [0.15, 0.2) is 42.5 Å². The average Bonchev–Trinajstić information content (AvgIpc) is 3.23. The molecule has 1 aromatic heterocycles. The van der Waals surface area contributed by atoms with Gasteiger partial charge in [-0.15, -0.1) is 0 Å². The molecular weight excluding hydrogens is 380 g/mol. The Morgan fingerprint density at radius 1 is 1.10 bits per heavy atom. The van der Waals surface area contributed by atoms with E-state index < -0.39 is 12.1 Å². The van der Waals surface area contributed by atoms with Crippen molar-refractivity contribution in [1.29, 1.82) is 0 Å². The summed E-state index contributed by atoms with van der Waals surface area (Å²) in [5.74, 6) is -0.548. The number of hydrogen-bond acceptors (Lipinski definition) is 3. The first-order valence-corrected chi connectivity index (χ1v) is 9.97. The Hall–Kier alpha value is -3.61. The number of amides is 4. The Bertz CT molecular complexity index is 1130. The minimum absolute atomic E-state index is 0.159. The Balaban J connectivity index is 1.49. The van der Waals surface area contributed by atoms with E-state index in [4.69, 9.17) is 0 Å². The third-order valence-corrected chi connectivity index (χ3v) is 5.45. The van der Waals surface area contributed by atoms with Crippen LogP contribution in [-0.2, 0) is 16.1 Å². The number of carbonyl (C=O) groups is 3. The third-order valence-electron chi connectivity index (χ3n) is 5.45. The second kappa shape index (κ2) is 8.02. The molecule has 1 aliphatic rings. The van der Waals surface area contributed by atoms with Gasteiger partial charge in [-0.2, -0.15) is 0 Å². The summed E-state index contributed by atoms with van der Waals surface area (Å²) in [6.07, 6.45) is 0.429. The molecule has 2 aromatic carbocycles. The lowest BCUT2D eigenvalue weighted by molar-refractivity contribution is -0.122. The lowest BCUT2D eigenvalue weighted by Crippen LogP contribution is -2.31. The first-order chi connectivity index (χ1) is 14.4. The lowest BCUT2D eigenvalue weighted by Gasteiger charge is -2.10. The Labute approximate surface area is 174 Å². The summed E-state index contributed by atoms with van der Waals surface area (Å²) in [4.78, 5) is 38.6. The van der Waals surface area contributed by atoms with Gasteiger partial charge in [0.1, 0.15) is 6.04 Å². The smallest absolute Gasteiger partial charge is 0.322 e. The van der Waals surface area contributed by atoms with Gasteiger partial charge in [0, 0.05) is 24.0 Å². The summed E-state index contributed by atoms with van der Waals surface area (Å²) >= 11 is 0. The predicted molar refractivity (Wildman–Crippen MR) is 115 cm³/mol. The van der Waals surface area contributed by atoms with Gasteiger partial charge in [-0.25, -0.2) is 4.79 Å². The number of rotatable bonds is 6. The number of benzene rings is 2. The van der Waals surface area contributed by atoms with Gasteiger partial charge in [-0.05, 0) is 43.0 Å². The number of H-pyrrole nitrogens is 1. The largest absolute Gasteiger partial charge is 0.354 e. The third kappa shape index (κ3) is 3.91. The van der Waals surface area contributed by atoms with E-state index in [1.54, 1.807) is 0 Å². The number of fused-ring (bicyclic) bond motifs is 1. The quantitative estimate of drug-likeness (QED) is 0.475. The molecule has 3 aromatic rings. The zero-order valence-corrected chi connectivity index (χ0v) is 17.0. The maximum Gasteiger partial charge on any atom is 0.322 e. The topological polar surface area (TPSA) is 103 Å². The summed E-state index contributed by atoms with van der Waals surface area (Å²) in [7, 11) is 0. The van der Waals surface area contributed by atoms with Crippen LogP contribution in [0.4, 0.5) is 4.79 Å². The number of aromatic nitrogens is 1. The van der Waals surface area contributed by atoms with Crippen LogP contribution in [0.3, 0.4) is 0 Å². The van der Waals surface area contributed by atoms with Crippen molar-refractivity contribution in [1.82, 2.24) is 20.9 Å². The van der Waals surface area contributed by atoms with Gasteiger partial charge in [0.15, 0.2) is 0 Å². The monoisotopic (exact) mass is 404 g/mol. The fourth-order valence-electron chi connectivity index (χ4n) is 3.91. The summed E-state index contributed by atoms with van der Waals surface area (Å²) in [5.41, 5.74) is 6.52. The maximum atomic E-state index is 12.3. The van der Waals surface area contributed by atoms with E-state index in [1.807, 2.05) is 25.1 Å². The van der Waals surface area contributed by atoms with E-state index in [0.717, 1.165) is 33.3 Å². The predicted octanol–water partition coefficient (Wildman–Crippen LogP) is 3.06. The van der Waals surface area contributed by atoms with Crippen molar-refractivity contribution < 1.29 is 14.4 Å². The van der Waals surface area contributed by atoms with Gasteiger partial charge in [0.25, 0.3) is 5.91 Å². The molecule has 30 heavy (non-hydrogen) atoms. The van der Waals surface area contributed by atoms with E-state index in [-0.39, 0.29) is 24.7 Å². The normalized spacial score (nSPS) is 15.9. The van der Waals surface area contributed by atoms with Crippen LogP contribution in [0.25, 0.3) is 22.2 Å². The molecule has 0 unspecified atom stereocenters. The zero-order chi connectivity index (χ0) is 21.3. The van der Waals surface area contributed by atoms with Crippen molar-refractivity contribution in [2.45, 2.75) is 39.3 Å². The molecular formula is C23H24N4O3. The van der Waals surface area contributed by atoms with Crippen LogP contribution >= 0.6 is 0 Å². The van der Waals surface area contributed by atoms with E-state index in [1.165, 1.54) is 5.56 Å². The van der Waals surface area contributed by atoms with Crippen molar-refractivity contribution in [2.24, 2.45) is 0 Å². The molecule has 7 nitrogen and oxygen atoms in total. The summed E-state index contributed by atoms with van der Waals surface area (Å²) in [6.45, 7) is 4.53. The van der Waals surface area contributed by atoms with Gasteiger partial charge in [-0.3, -0.25) is 14.9 Å². The summed E-state index contributed by atoms with van der Waals surface area (Å²) < 4.78 is 0. The molecule has 1 fully saturated rings.